The smallest absolute Gasteiger partial charge is 0.335 e. The predicted molar refractivity (Wildman–Crippen MR) is 164 cm³/mol. The van der Waals surface area contributed by atoms with E-state index in [1.165, 1.54) is 6.07 Å². The summed E-state index contributed by atoms with van der Waals surface area (Å²) in [5.41, 5.74) is 2.95. The number of hydrogen-bond donors (Lipinski definition) is 1. The molecular weight excluding hydrogens is 603 g/mol. The van der Waals surface area contributed by atoms with Crippen LogP contribution in [-0.4, -0.2) is 76.6 Å². The summed E-state index contributed by atoms with van der Waals surface area (Å²) in [7, 11) is 0. The Balaban J connectivity index is 1.07. The van der Waals surface area contributed by atoms with Crippen molar-refractivity contribution in [3.8, 4) is 11.5 Å². The summed E-state index contributed by atoms with van der Waals surface area (Å²) in [4.78, 5) is 21.4. The van der Waals surface area contributed by atoms with Gasteiger partial charge in [-0.1, -0.05) is 17.7 Å². The maximum atomic E-state index is 15.0. The van der Waals surface area contributed by atoms with Crippen molar-refractivity contribution in [1.29, 1.82) is 0 Å². The van der Waals surface area contributed by atoms with Gasteiger partial charge in [0.25, 0.3) is 5.79 Å². The summed E-state index contributed by atoms with van der Waals surface area (Å²) in [5.74, 6) is -0.801. The van der Waals surface area contributed by atoms with Gasteiger partial charge < -0.3 is 33.5 Å². The van der Waals surface area contributed by atoms with Crippen LogP contribution in [0.1, 0.15) is 35.1 Å². The number of fused-ring (bicyclic) bond motifs is 3. The highest BCUT2D eigenvalue weighted by Gasteiger charge is 2.46. The van der Waals surface area contributed by atoms with Crippen molar-refractivity contribution >= 4 is 34.3 Å². The molecule has 1 aromatic heterocycles. The Morgan fingerprint density at radius 1 is 1.11 bits per heavy atom. The molecule has 4 aliphatic rings. The lowest BCUT2D eigenvalue weighted by molar-refractivity contribution is -0.0705. The lowest BCUT2D eigenvalue weighted by Gasteiger charge is -2.44. The Morgan fingerprint density at radius 3 is 2.73 bits per heavy atom. The van der Waals surface area contributed by atoms with E-state index in [9.17, 15) is 14.3 Å². The third-order valence-corrected chi connectivity index (χ3v) is 9.64. The molecule has 8 rings (SSSR count). The first-order chi connectivity index (χ1) is 21.8. The fourth-order valence-electron chi connectivity index (χ4n) is 6.99. The summed E-state index contributed by atoms with van der Waals surface area (Å²) in [6.07, 6.45) is 1.05. The first kappa shape index (κ1) is 28.6. The fourth-order valence-corrected chi connectivity index (χ4v) is 7.15. The molecular formula is C33H32ClFN4O6. The molecule has 10 nitrogen and oxygen atoms in total. The number of piperazine rings is 1. The summed E-state index contributed by atoms with van der Waals surface area (Å²) in [6.45, 7) is 6.21. The second-order valence-corrected chi connectivity index (χ2v) is 12.6. The number of rotatable bonds is 7. The van der Waals surface area contributed by atoms with E-state index in [2.05, 4.69) is 14.4 Å². The number of halogens is 2. The minimum Gasteiger partial charge on any atom is -0.478 e. The van der Waals surface area contributed by atoms with Crippen LogP contribution in [0, 0.1) is 5.82 Å². The molecule has 4 atom stereocenters. The zero-order chi connectivity index (χ0) is 30.9. The van der Waals surface area contributed by atoms with Gasteiger partial charge in [-0.2, -0.15) is 0 Å². The van der Waals surface area contributed by atoms with E-state index in [0.717, 1.165) is 42.1 Å². The fraction of sp³-hybridized carbons (Fsp3) is 0.394. The van der Waals surface area contributed by atoms with Gasteiger partial charge in [0, 0.05) is 31.6 Å². The van der Waals surface area contributed by atoms with Crippen molar-refractivity contribution in [2.24, 2.45) is 0 Å². The summed E-state index contributed by atoms with van der Waals surface area (Å²) in [5, 5.41) is 9.92. The standard InChI is InChI=1S/C33H32ClFN4O6/c1-33(22-7-6-20(34)14-23(22)35)44-29-4-2-3-25(31(29)45-33)38-11-10-37(27-17-42-18-28(27)38)16-30-36-24-8-5-19(32(40)41)13-26(24)39(30)15-21-9-12-43-21/h2-8,13-14,21,27-28H,9-12,15-18H2,1H3,(H,40,41)/t21-,27-,28+,33-/m0/s1. The van der Waals surface area contributed by atoms with Crippen LogP contribution in [0.25, 0.3) is 11.0 Å². The minimum atomic E-state index is -1.34. The second kappa shape index (κ2) is 10.9. The monoisotopic (exact) mass is 634 g/mol. The van der Waals surface area contributed by atoms with Gasteiger partial charge in [0.05, 0.1) is 72.3 Å². The number of nitrogens with zero attached hydrogens (tertiary/aromatic N) is 4. The highest BCUT2D eigenvalue weighted by Crippen LogP contribution is 2.51. The number of carboxylic acids is 1. The molecule has 4 aromatic rings. The van der Waals surface area contributed by atoms with Gasteiger partial charge in [0.15, 0.2) is 11.5 Å². The van der Waals surface area contributed by atoms with Gasteiger partial charge in [-0.3, -0.25) is 4.90 Å². The molecule has 234 valence electrons. The first-order valence-corrected chi connectivity index (χ1v) is 15.5. The van der Waals surface area contributed by atoms with Gasteiger partial charge in [0.2, 0.25) is 0 Å². The maximum absolute atomic E-state index is 15.0. The molecule has 3 aromatic carbocycles. The highest BCUT2D eigenvalue weighted by molar-refractivity contribution is 6.30. The number of imidazole rings is 1. The van der Waals surface area contributed by atoms with Crippen molar-refractivity contribution in [1.82, 2.24) is 14.5 Å². The van der Waals surface area contributed by atoms with E-state index in [4.69, 9.17) is 35.5 Å². The molecule has 1 N–H and O–H groups in total. The zero-order valence-corrected chi connectivity index (χ0v) is 25.4. The molecule has 0 radical (unpaired) electrons. The molecule has 0 saturated carbocycles. The summed E-state index contributed by atoms with van der Waals surface area (Å²) >= 11 is 6.00. The Labute approximate surface area is 263 Å². The van der Waals surface area contributed by atoms with E-state index in [1.807, 2.05) is 18.2 Å². The van der Waals surface area contributed by atoms with Crippen LogP contribution in [-0.2, 0) is 28.4 Å². The minimum absolute atomic E-state index is 0.0411. The summed E-state index contributed by atoms with van der Waals surface area (Å²) in [6, 6.07) is 15.5. The van der Waals surface area contributed by atoms with Crippen LogP contribution in [0.15, 0.2) is 54.6 Å². The van der Waals surface area contributed by atoms with E-state index in [1.54, 1.807) is 37.3 Å². The van der Waals surface area contributed by atoms with Crippen LogP contribution in [0.2, 0.25) is 5.02 Å². The van der Waals surface area contributed by atoms with Gasteiger partial charge in [-0.25, -0.2) is 14.2 Å². The number of aromatic nitrogens is 2. The number of benzene rings is 3. The van der Waals surface area contributed by atoms with Crippen LogP contribution in [0.4, 0.5) is 10.1 Å². The molecule has 3 saturated heterocycles. The lowest BCUT2D eigenvalue weighted by Crippen LogP contribution is -2.59. The molecule has 0 aliphatic carbocycles. The third kappa shape index (κ3) is 4.89. The number of carboxylic acid groups (broad SMARTS) is 1. The Morgan fingerprint density at radius 2 is 1.96 bits per heavy atom. The van der Waals surface area contributed by atoms with E-state index in [0.29, 0.717) is 49.4 Å². The van der Waals surface area contributed by atoms with E-state index < -0.39 is 17.6 Å². The second-order valence-electron chi connectivity index (χ2n) is 12.1. The van der Waals surface area contributed by atoms with Gasteiger partial charge in [0.1, 0.15) is 11.6 Å². The van der Waals surface area contributed by atoms with Gasteiger partial charge in [-0.15, -0.1) is 0 Å². The lowest BCUT2D eigenvalue weighted by atomic mass is 10.0. The molecule has 0 amide bonds. The Bertz CT molecular complexity index is 1810. The molecule has 0 bridgehead atoms. The third-order valence-electron chi connectivity index (χ3n) is 9.41. The Hall–Kier alpha value is -3.90. The van der Waals surface area contributed by atoms with Crippen molar-refractivity contribution < 1.29 is 33.2 Å². The van der Waals surface area contributed by atoms with E-state index >= 15 is 0 Å². The molecule has 0 spiro atoms. The SMILES string of the molecule is C[C@]1(c2ccc(Cl)cc2F)Oc2cccc(N3CCN(Cc4nc5ccc(C(=O)O)cc5n4C[C@@H]4CCO4)[C@H]4COC[C@H]43)c2O1. The van der Waals surface area contributed by atoms with Crippen molar-refractivity contribution in [3.05, 3.63) is 82.4 Å². The van der Waals surface area contributed by atoms with E-state index in [-0.39, 0.29) is 29.3 Å². The Kier molecular flexibility index (Phi) is 6.90. The van der Waals surface area contributed by atoms with Crippen LogP contribution < -0.4 is 14.4 Å². The zero-order valence-electron chi connectivity index (χ0n) is 24.6. The quantitative estimate of drug-likeness (QED) is 0.300. The maximum Gasteiger partial charge on any atom is 0.335 e. The number of ether oxygens (including phenoxy) is 4. The van der Waals surface area contributed by atoms with Crippen molar-refractivity contribution in [2.45, 2.75) is 50.4 Å². The average Bonchev–Trinajstić information content (AvgIpc) is 3.70. The summed E-state index contributed by atoms with van der Waals surface area (Å²) < 4.78 is 41.5. The number of para-hydroxylation sites is 1. The number of carbonyl (C=O) groups is 1. The average molecular weight is 635 g/mol. The molecule has 3 fully saturated rings. The molecule has 0 unspecified atom stereocenters. The largest absolute Gasteiger partial charge is 0.478 e. The first-order valence-electron chi connectivity index (χ1n) is 15.2. The molecule has 5 heterocycles. The molecule has 45 heavy (non-hydrogen) atoms. The van der Waals surface area contributed by atoms with Crippen molar-refractivity contribution in [3.63, 3.8) is 0 Å². The number of anilines is 1. The van der Waals surface area contributed by atoms with Crippen LogP contribution in [0.5, 0.6) is 11.5 Å². The highest BCUT2D eigenvalue weighted by atomic mass is 35.5. The van der Waals surface area contributed by atoms with Gasteiger partial charge >= 0.3 is 5.97 Å². The van der Waals surface area contributed by atoms with Gasteiger partial charge in [-0.05, 0) is 55.0 Å². The number of hydrogen-bond acceptors (Lipinski definition) is 8. The predicted octanol–water partition coefficient (Wildman–Crippen LogP) is 5.05. The molecule has 12 heteroatoms. The molecule has 4 aliphatic heterocycles. The topological polar surface area (TPSA) is 98.5 Å². The number of aromatic carboxylic acids is 1. The normalized spacial score (nSPS) is 25.8. The van der Waals surface area contributed by atoms with Crippen LogP contribution >= 0.6 is 11.6 Å². The van der Waals surface area contributed by atoms with Crippen LogP contribution in [0.3, 0.4) is 0 Å². The van der Waals surface area contributed by atoms with Crippen molar-refractivity contribution in [2.75, 3.05) is 37.8 Å².